The van der Waals surface area contributed by atoms with E-state index in [0.29, 0.717) is 13.1 Å². The lowest BCUT2D eigenvalue weighted by Crippen LogP contribution is -2.36. The zero-order valence-electron chi connectivity index (χ0n) is 12.8. The van der Waals surface area contributed by atoms with Crippen LogP contribution in [0.5, 0.6) is 0 Å². The smallest absolute Gasteiger partial charge is 0.191 e. The van der Waals surface area contributed by atoms with Crippen LogP contribution in [-0.4, -0.2) is 22.8 Å². The largest absolute Gasteiger partial charge is 0.466 e. The molecule has 0 unspecified atom stereocenters. The van der Waals surface area contributed by atoms with Gasteiger partial charge in [0.15, 0.2) is 5.96 Å². The maximum absolute atomic E-state index is 5.50. The zero-order valence-corrected chi connectivity index (χ0v) is 15.1. The van der Waals surface area contributed by atoms with Crippen LogP contribution in [0.2, 0.25) is 0 Å². The molecule has 116 valence electrons. The van der Waals surface area contributed by atoms with Crippen molar-refractivity contribution < 1.29 is 4.42 Å². The molecule has 0 amide bonds. The quantitative estimate of drug-likeness (QED) is 0.466. The summed E-state index contributed by atoms with van der Waals surface area (Å²) in [4.78, 5) is 4.20. The Balaban J connectivity index is 0.00000220. The Labute approximate surface area is 142 Å². The summed E-state index contributed by atoms with van der Waals surface area (Å²) in [6, 6.07) is 4.01. The van der Waals surface area contributed by atoms with Crippen LogP contribution in [0.1, 0.15) is 22.8 Å². The SMILES string of the molecule is CN=C(NCc1cc(C)oc1C)NCc1ccnn1C.I. The van der Waals surface area contributed by atoms with Gasteiger partial charge < -0.3 is 15.1 Å². The number of hydrogen-bond donors (Lipinski definition) is 2. The lowest BCUT2D eigenvalue weighted by atomic mass is 10.2. The highest BCUT2D eigenvalue weighted by molar-refractivity contribution is 14.0. The number of hydrogen-bond acceptors (Lipinski definition) is 3. The molecular weight excluding hydrogens is 381 g/mol. The predicted octanol–water partition coefficient (Wildman–Crippen LogP) is 2.11. The van der Waals surface area contributed by atoms with Crippen molar-refractivity contribution in [2.45, 2.75) is 26.9 Å². The summed E-state index contributed by atoms with van der Waals surface area (Å²) in [6.45, 7) is 5.29. The second-order valence-corrected chi connectivity index (χ2v) is 4.66. The van der Waals surface area contributed by atoms with Gasteiger partial charge >= 0.3 is 0 Å². The van der Waals surface area contributed by atoms with Gasteiger partial charge in [-0.05, 0) is 26.0 Å². The van der Waals surface area contributed by atoms with E-state index in [1.807, 2.05) is 37.7 Å². The van der Waals surface area contributed by atoms with E-state index in [4.69, 9.17) is 4.42 Å². The number of aromatic nitrogens is 2. The summed E-state index contributed by atoms with van der Waals surface area (Å²) < 4.78 is 7.34. The summed E-state index contributed by atoms with van der Waals surface area (Å²) in [5.41, 5.74) is 2.24. The van der Waals surface area contributed by atoms with E-state index >= 15 is 0 Å². The van der Waals surface area contributed by atoms with Gasteiger partial charge in [-0.1, -0.05) is 0 Å². The van der Waals surface area contributed by atoms with Crippen molar-refractivity contribution in [3.05, 3.63) is 41.1 Å². The third-order valence-electron chi connectivity index (χ3n) is 3.17. The second-order valence-electron chi connectivity index (χ2n) is 4.66. The number of nitrogens with one attached hydrogen (secondary N) is 2. The van der Waals surface area contributed by atoms with Gasteiger partial charge in [-0.2, -0.15) is 5.10 Å². The molecule has 0 atom stereocenters. The fourth-order valence-electron chi connectivity index (χ4n) is 2.01. The Morgan fingerprint density at radius 1 is 1.33 bits per heavy atom. The first kappa shape index (κ1) is 17.5. The maximum Gasteiger partial charge on any atom is 0.191 e. The fraction of sp³-hybridized carbons (Fsp3) is 0.429. The van der Waals surface area contributed by atoms with Crippen molar-refractivity contribution in [3.8, 4) is 0 Å². The normalized spacial score (nSPS) is 11.1. The number of guanidine groups is 1. The third kappa shape index (κ3) is 4.76. The van der Waals surface area contributed by atoms with Crippen LogP contribution in [-0.2, 0) is 20.1 Å². The minimum atomic E-state index is 0. The minimum Gasteiger partial charge on any atom is -0.466 e. The molecule has 2 aromatic heterocycles. The lowest BCUT2D eigenvalue weighted by molar-refractivity contribution is 0.500. The molecule has 7 heteroatoms. The second kappa shape index (κ2) is 8.06. The monoisotopic (exact) mass is 403 g/mol. The van der Waals surface area contributed by atoms with Gasteiger partial charge in [-0.15, -0.1) is 24.0 Å². The zero-order chi connectivity index (χ0) is 14.5. The average Bonchev–Trinajstić information content (AvgIpc) is 2.96. The molecule has 0 aliphatic rings. The number of rotatable bonds is 4. The highest BCUT2D eigenvalue weighted by Gasteiger charge is 2.06. The Kier molecular flexibility index (Phi) is 6.73. The highest BCUT2D eigenvalue weighted by Crippen LogP contribution is 2.12. The fourth-order valence-corrected chi connectivity index (χ4v) is 2.01. The van der Waals surface area contributed by atoms with Gasteiger partial charge in [-0.3, -0.25) is 9.67 Å². The summed E-state index contributed by atoms with van der Waals surface area (Å²) >= 11 is 0. The van der Waals surface area contributed by atoms with Crippen molar-refractivity contribution >= 4 is 29.9 Å². The molecule has 0 saturated carbocycles. The first-order valence-electron chi connectivity index (χ1n) is 6.57. The Hall–Kier alpha value is -1.51. The Morgan fingerprint density at radius 2 is 2.05 bits per heavy atom. The molecule has 0 aromatic carbocycles. The van der Waals surface area contributed by atoms with Crippen LogP contribution < -0.4 is 10.6 Å². The first-order valence-corrected chi connectivity index (χ1v) is 6.57. The molecule has 21 heavy (non-hydrogen) atoms. The van der Waals surface area contributed by atoms with E-state index in [2.05, 4.69) is 20.7 Å². The van der Waals surface area contributed by atoms with Crippen molar-refractivity contribution in [2.75, 3.05) is 7.05 Å². The topological polar surface area (TPSA) is 67.4 Å². The molecule has 0 saturated heterocycles. The Bertz CT molecular complexity index is 602. The van der Waals surface area contributed by atoms with E-state index in [0.717, 1.165) is 28.7 Å². The Morgan fingerprint density at radius 3 is 2.57 bits per heavy atom. The number of nitrogens with zero attached hydrogens (tertiary/aromatic N) is 3. The number of halogens is 1. The van der Waals surface area contributed by atoms with Crippen molar-refractivity contribution in [2.24, 2.45) is 12.0 Å². The number of aryl methyl sites for hydroxylation is 3. The van der Waals surface area contributed by atoms with Crippen LogP contribution in [0.25, 0.3) is 0 Å². The standard InChI is InChI=1S/C14H21N5O.HI/c1-10-7-12(11(2)20-10)8-16-14(15-3)17-9-13-5-6-18-19(13)4;/h5-7H,8-9H2,1-4H3,(H2,15,16,17);1H. The molecule has 0 fully saturated rings. The molecule has 2 rings (SSSR count). The van der Waals surface area contributed by atoms with Gasteiger partial charge in [0.2, 0.25) is 0 Å². The van der Waals surface area contributed by atoms with Crippen LogP contribution >= 0.6 is 24.0 Å². The molecule has 2 heterocycles. The van der Waals surface area contributed by atoms with Crippen LogP contribution in [0.15, 0.2) is 27.7 Å². The van der Waals surface area contributed by atoms with Crippen molar-refractivity contribution in [1.82, 2.24) is 20.4 Å². The van der Waals surface area contributed by atoms with Gasteiger partial charge in [0.25, 0.3) is 0 Å². The van der Waals surface area contributed by atoms with Gasteiger partial charge in [0.1, 0.15) is 11.5 Å². The molecule has 0 aliphatic carbocycles. The molecule has 0 radical (unpaired) electrons. The number of aliphatic imine (C=N–C) groups is 1. The van der Waals surface area contributed by atoms with E-state index in [1.165, 1.54) is 0 Å². The molecule has 2 aromatic rings. The molecular formula is C14H22IN5O. The highest BCUT2D eigenvalue weighted by atomic mass is 127. The van der Waals surface area contributed by atoms with E-state index < -0.39 is 0 Å². The number of furan rings is 1. The predicted molar refractivity (Wildman–Crippen MR) is 93.8 cm³/mol. The summed E-state index contributed by atoms with van der Waals surface area (Å²) in [5.74, 6) is 2.62. The van der Waals surface area contributed by atoms with Crippen LogP contribution in [0, 0.1) is 13.8 Å². The van der Waals surface area contributed by atoms with Crippen LogP contribution in [0.3, 0.4) is 0 Å². The van der Waals surface area contributed by atoms with Crippen molar-refractivity contribution in [1.29, 1.82) is 0 Å². The van der Waals surface area contributed by atoms with E-state index in [1.54, 1.807) is 13.2 Å². The summed E-state index contributed by atoms with van der Waals surface area (Å²) in [6.07, 6.45) is 1.78. The van der Waals surface area contributed by atoms with Crippen LogP contribution in [0.4, 0.5) is 0 Å². The van der Waals surface area contributed by atoms with E-state index in [-0.39, 0.29) is 24.0 Å². The summed E-state index contributed by atoms with van der Waals surface area (Å²) in [7, 11) is 3.68. The average molecular weight is 403 g/mol. The first-order chi connectivity index (χ1) is 9.60. The third-order valence-corrected chi connectivity index (χ3v) is 3.17. The van der Waals surface area contributed by atoms with E-state index in [9.17, 15) is 0 Å². The van der Waals surface area contributed by atoms with Gasteiger partial charge in [0.05, 0.1) is 12.2 Å². The lowest BCUT2D eigenvalue weighted by Gasteiger charge is -2.11. The molecule has 2 N–H and O–H groups in total. The molecule has 0 bridgehead atoms. The summed E-state index contributed by atoms with van der Waals surface area (Å²) in [5, 5.41) is 10.7. The van der Waals surface area contributed by atoms with Gasteiger partial charge in [-0.25, -0.2) is 0 Å². The minimum absolute atomic E-state index is 0. The van der Waals surface area contributed by atoms with Gasteiger partial charge in [0, 0.05) is 32.4 Å². The maximum atomic E-state index is 5.50. The molecule has 0 spiro atoms. The molecule has 0 aliphatic heterocycles. The van der Waals surface area contributed by atoms with Crippen molar-refractivity contribution in [3.63, 3.8) is 0 Å². The molecule has 6 nitrogen and oxygen atoms in total.